The van der Waals surface area contributed by atoms with Crippen LogP contribution in [-0.2, 0) is 11.3 Å². The molecule has 1 heterocycles. The highest BCUT2D eigenvalue weighted by molar-refractivity contribution is 5.79. The van der Waals surface area contributed by atoms with Gasteiger partial charge in [-0.1, -0.05) is 62.4 Å². The van der Waals surface area contributed by atoms with Crippen LogP contribution in [0.15, 0.2) is 30.3 Å². The van der Waals surface area contributed by atoms with Gasteiger partial charge in [0.1, 0.15) is 0 Å². The van der Waals surface area contributed by atoms with E-state index in [1.807, 2.05) is 0 Å². The highest BCUT2D eigenvalue weighted by Gasteiger charge is 2.27. The van der Waals surface area contributed by atoms with E-state index in [4.69, 9.17) is 0 Å². The summed E-state index contributed by atoms with van der Waals surface area (Å²) < 4.78 is 0. The van der Waals surface area contributed by atoms with Crippen molar-refractivity contribution >= 4 is 5.91 Å². The molecule has 2 aliphatic rings. The van der Waals surface area contributed by atoms with Crippen molar-refractivity contribution in [2.75, 3.05) is 13.1 Å². The number of hydrogen-bond acceptors (Lipinski definition) is 2. The van der Waals surface area contributed by atoms with E-state index >= 15 is 0 Å². The van der Waals surface area contributed by atoms with E-state index in [0.29, 0.717) is 11.9 Å². The minimum absolute atomic E-state index is 0.174. The first-order valence-corrected chi connectivity index (χ1v) is 9.88. The van der Waals surface area contributed by atoms with Gasteiger partial charge in [-0.25, -0.2) is 0 Å². The molecule has 1 amide bonds. The zero-order valence-electron chi connectivity index (χ0n) is 14.9. The summed E-state index contributed by atoms with van der Waals surface area (Å²) in [5.74, 6) is 0.478. The fourth-order valence-corrected chi connectivity index (χ4v) is 4.17. The summed E-state index contributed by atoms with van der Waals surface area (Å²) in [6.45, 7) is 2.99. The molecule has 1 atom stereocenters. The average Bonchev–Trinajstić information content (AvgIpc) is 2.58. The molecular formula is C21H32N2O. The molecule has 0 unspecified atom stereocenters. The number of piperidine rings is 1. The summed E-state index contributed by atoms with van der Waals surface area (Å²) >= 11 is 0. The zero-order valence-corrected chi connectivity index (χ0v) is 14.9. The highest BCUT2D eigenvalue weighted by atomic mass is 16.2. The van der Waals surface area contributed by atoms with Gasteiger partial charge in [-0.15, -0.1) is 0 Å². The zero-order chi connectivity index (χ0) is 16.6. The largest absolute Gasteiger partial charge is 0.353 e. The third-order valence-electron chi connectivity index (χ3n) is 5.58. The summed E-state index contributed by atoms with van der Waals surface area (Å²) in [6.07, 6.45) is 11.1. The number of amides is 1. The van der Waals surface area contributed by atoms with Crippen LogP contribution in [0.25, 0.3) is 0 Å². The van der Waals surface area contributed by atoms with Gasteiger partial charge in [0.2, 0.25) is 5.91 Å². The molecule has 0 bridgehead atoms. The lowest BCUT2D eigenvalue weighted by Crippen LogP contribution is -2.45. The Balaban J connectivity index is 1.49. The Morgan fingerprint density at radius 1 is 0.958 bits per heavy atom. The van der Waals surface area contributed by atoms with Crippen LogP contribution in [-0.4, -0.2) is 29.9 Å². The maximum Gasteiger partial charge on any atom is 0.224 e. The second-order valence-corrected chi connectivity index (χ2v) is 7.61. The number of benzene rings is 1. The SMILES string of the molecule is O=C(NC1CCCCCCC1)[C@H]1CCCN(Cc2ccccc2)C1. The number of carbonyl (C=O) groups is 1. The lowest BCUT2D eigenvalue weighted by Gasteiger charge is -2.33. The van der Waals surface area contributed by atoms with E-state index in [9.17, 15) is 4.79 Å². The van der Waals surface area contributed by atoms with Crippen LogP contribution >= 0.6 is 0 Å². The molecule has 0 spiro atoms. The van der Waals surface area contributed by atoms with Crippen LogP contribution in [0, 0.1) is 5.92 Å². The van der Waals surface area contributed by atoms with Crippen LogP contribution in [0.2, 0.25) is 0 Å². The normalized spacial score (nSPS) is 24.1. The number of nitrogens with one attached hydrogen (secondary N) is 1. The Labute approximate surface area is 146 Å². The van der Waals surface area contributed by atoms with E-state index in [1.54, 1.807) is 0 Å². The van der Waals surface area contributed by atoms with Gasteiger partial charge >= 0.3 is 0 Å². The molecule has 132 valence electrons. The van der Waals surface area contributed by atoms with E-state index in [-0.39, 0.29) is 5.92 Å². The van der Waals surface area contributed by atoms with Crippen molar-refractivity contribution in [3.63, 3.8) is 0 Å². The van der Waals surface area contributed by atoms with Crippen LogP contribution in [0.3, 0.4) is 0 Å². The van der Waals surface area contributed by atoms with Crippen LogP contribution in [0.1, 0.15) is 63.4 Å². The van der Waals surface area contributed by atoms with Crippen molar-refractivity contribution < 1.29 is 4.79 Å². The summed E-state index contributed by atoms with van der Waals surface area (Å²) in [6, 6.07) is 11.0. The fraction of sp³-hybridized carbons (Fsp3) is 0.667. The smallest absolute Gasteiger partial charge is 0.224 e. The molecule has 2 fully saturated rings. The second kappa shape index (κ2) is 9.22. The molecule has 3 rings (SSSR count). The molecule has 24 heavy (non-hydrogen) atoms. The van der Waals surface area contributed by atoms with Crippen LogP contribution < -0.4 is 5.32 Å². The summed E-state index contributed by atoms with van der Waals surface area (Å²) in [7, 11) is 0. The molecule has 0 radical (unpaired) electrons. The Morgan fingerprint density at radius 2 is 1.67 bits per heavy atom. The maximum atomic E-state index is 12.7. The van der Waals surface area contributed by atoms with Gasteiger partial charge < -0.3 is 5.32 Å². The van der Waals surface area contributed by atoms with E-state index in [0.717, 1.165) is 32.5 Å². The van der Waals surface area contributed by atoms with Crippen LogP contribution in [0.4, 0.5) is 0 Å². The Bertz CT molecular complexity index is 494. The molecule has 1 aliphatic carbocycles. The Hall–Kier alpha value is -1.35. The quantitative estimate of drug-likeness (QED) is 0.901. The number of hydrogen-bond donors (Lipinski definition) is 1. The molecule has 3 heteroatoms. The minimum Gasteiger partial charge on any atom is -0.353 e. The molecule has 1 saturated carbocycles. The monoisotopic (exact) mass is 328 g/mol. The first kappa shape index (κ1) is 17.5. The summed E-state index contributed by atoms with van der Waals surface area (Å²) in [5, 5.41) is 3.38. The number of likely N-dealkylation sites (tertiary alicyclic amines) is 1. The fourth-order valence-electron chi connectivity index (χ4n) is 4.17. The summed E-state index contributed by atoms with van der Waals surface area (Å²) in [4.78, 5) is 15.2. The molecule has 3 nitrogen and oxygen atoms in total. The van der Waals surface area contributed by atoms with Crippen molar-refractivity contribution in [3.05, 3.63) is 35.9 Å². The standard InChI is InChI=1S/C21H32N2O/c24-21(22-20-13-7-2-1-3-8-14-20)19-12-9-15-23(17-19)16-18-10-5-4-6-11-18/h4-6,10-11,19-20H,1-3,7-9,12-17H2,(H,22,24)/t19-/m0/s1. The number of rotatable bonds is 4. The highest BCUT2D eigenvalue weighted by Crippen LogP contribution is 2.21. The Kier molecular flexibility index (Phi) is 6.71. The maximum absolute atomic E-state index is 12.7. The predicted octanol–water partition coefficient (Wildman–Crippen LogP) is 4.13. The molecule has 1 aliphatic heterocycles. The number of carbonyl (C=O) groups excluding carboxylic acids is 1. The molecule has 1 aromatic carbocycles. The second-order valence-electron chi connectivity index (χ2n) is 7.61. The molecule has 0 aromatic heterocycles. The van der Waals surface area contributed by atoms with Gasteiger partial charge in [0.25, 0.3) is 0 Å². The van der Waals surface area contributed by atoms with Crippen molar-refractivity contribution in [1.29, 1.82) is 0 Å². The predicted molar refractivity (Wildman–Crippen MR) is 98.7 cm³/mol. The van der Waals surface area contributed by atoms with Crippen molar-refractivity contribution in [1.82, 2.24) is 10.2 Å². The first-order valence-electron chi connectivity index (χ1n) is 9.88. The van der Waals surface area contributed by atoms with Gasteiger partial charge in [0.05, 0.1) is 5.92 Å². The number of nitrogens with zero attached hydrogens (tertiary/aromatic N) is 1. The summed E-state index contributed by atoms with van der Waals surface area (Å²) in [5.41, 5.74) is 1.35. The molecule has 1 aromatic rings. The first-order chi connectivity index (χ1) is 11.8. The van der Waals surface area contributed by atoms with Crippen molar-refractivity contribution in [2.45, 2.75) is 70.4 Å². The lowest BCUT2D eigenvalue weighted by atomic mass is 9.93. The van der Waals surface area contributed by atoms with Gasteiger partial charge in [0, 0.05) is 19.1 Å². The molecule has 1 N–H and O–H groups in total. The lowest BCUT2D eigenvalue weighted by molar-refractivity contribution is -0.127. The Morgan fingerprint density at radius 3 is 2.42 bits per heavy atom. The van der Waals surface area contributed by atoms with E-state index in [2.05, 4.69) is 40.5 Å². The van der Waals surface area contributed by atoms with Crippen molar-refractivity contribution in [2.24, 2.45) is 5.92 Å². The van der Waals surface area contributed by atoms with Gasteiger partial charge in [-0.05, 0) is 37.8 Å². The van der Waals surface area contributed by atoms with Gasteiger partial charge in [-0.2, -0.15) is 0 Å². The van der Waals surface area contributed by atoms with E-state index in [1.165, 1.54) is 50.5 Å². The topological polar surface area (TPSA) is 32.3 Å². The average molecular weight is 328 g/mol. The van der Waals surface area contributed by atoms with Crippen molar-refractivity contribution in [3.8, 4) is 0 Å². The minimum atomic E-state index is 0.174. The third-order valence-corrected chi connectivity index (χ3v) is 5.58. The van der Waals surface area contributed by atoms with Crippen LogP contribution in [0.5, 0.6) is 0 Å². The molecular weight excluding hydrogens is 296 g/mol. The third kappa shape index (κ3) is 5.34. The van der Waals surface area contributed by atoms with E-state index < -0.39 is 0 Å². The molecule has 1 saturated heterocycles. The van der Waals surface area contributed by atoms with Gasteiger partial charge in [-0.3, -0.25) is 9.69 Å². The van der Waals surface area contributed by atoms with Gasteiger partial charge in [0.15, 0.2) is 0 Å².